The van der Waals surface area contributed by atoms with Gasteiger partial charge in [-0.2, -0.15) is 13.2 Å². The molecule has 1 fully saturated rings. The number of likely N-dealkylation sites (N-methyl/N-ethyl adjacent to an activating group) is 1. The number of pyridine rings is 1. The lowest BCUT2D eigenvalue weighted by Crippen LogP contribution is -2.45. The largest absolute Gasteiger partial charge is 0.436 e. The molecule has 0 unspecified atom stereocenters. The maximum Gasteiger partial charge on any atom is 0.436 e. The van der Waals surface area contributed by atoms with Gasteiger partial charge in [-0.15, -0.1) is 0 Å². The van der Waals surface area contributed by atoms with Crippen LogP contribution in [0, 0.1) is 5.82 Å². The fraction of sp³-hybridized carbons (Fsp3) is 0.545. The highest BCUT2D eigenvalue weighted by atomic mass is 19.4. The van der Waals surface area contributed by atoms with E-state index in [9.17, 15) is 17.6 Å². The first-order valence-corrected chi connectivity index (χ1v) is 5.55. The van der Waals surface area contributed by atoms with Crippen molar-refractivity contribution in [1.29, 1.82) is 0 Å². The van der Waals surface area contributed by atoms with Crippen molar-refractivity contribution in [2.24, 2.45) is 0 Å². The molecule has 0 atom stereocenters. The zero-order valence-electron chi connectivity index (χ0n) is 9.84. The third kappa shape index (κ3) is 2.55. The van der Waals surface area contributed by atoms with E-state index in [4.69, 9.17) is 0 Å². The zero-order chi connectivity index (χ0) is 13.3. The second-order valence-electron chi connectivity index (χ2n) is 4.28. The van der Waals surface area contributed by atoms with E-state index in [1.54, 1.807) is 4.90 Å². The van der Waals surface area contributed by atoms with Crippen molar-refractivity contribution < 1.29 is 17.6 Å². The van der Waals surface area contributed by atoms with Crippen LogP contribution < -0.4 is 4.90 Å². The highest BCUT2D eigenvalue weighted by molar-refractivity contribution is 5.49. The van der Waals surface area contributed by atoms with Gasteiger partial charge in [0.1, 0.15) is 0 Å². The van der Waals surface area contributed by atoms with Crippen molar-refractivity contribution in [3.63, 3.8) is 0 Å². The van der Waals surface area contributed by atoms with Crippen LogP contribution in [0.25, 0.3) is 0 Å². The Labute approximate surface area is 102 Å². The summed E-state index contributed by atoms with van der Waals surface area (Å²) >= 11 is 0. The molecule has 0 radical (unpaired) electrons. The van der Waals surface area contributed by atoms with Crippen LogP contribution in [-0.4, -0.2) is 43.1 Å². The van der Waals surface area contributed by atoms with E-state index < -0.39 is 17.7 Å². The minimum Gasteiger partial charge on any atom is -0.366 e. The molecule has 1 aromatic rings. The van der Waals surface area contributed by atoms with Crippen molar-refractivity contribution in [3.8, 4) is 0 Å². The second-order valence-corrected chi connectivity index (χ2v) is 4.28. The van der Waals surface area contributed by atoms with Gasteiger partial charge in [0.15, 0.2) is 11.5 Å². The number of hydrogen-bond acceptors (Lipinski definition) is 3. The molecule has 0 amide bonds. The number of rotatable bonds is 1. The Balaban J connectivity index is 2.29. The lowest BCUT2D eigenvalue weighted by atomic mass is 10.2. The summed E-state index contributed by atoms with van der Waals surface area (Å²) in [7, 11) is 1.92. The van der Waals surface area contributed by atoms with Gasteiger partial charge in [-0.3, -0.25) is 0 Å². The van der Waals surface area contributed by atoms with Crippen LogP contribution in [0.4, 0.5) is 23.2 Å². The van der Waals surface area contributed by atoms with Crippen LogP contribution in [0.5, 0.6) is 0 Å². The molecule has 3 nitrogen and oxygen atoms in total. The average Bonchev–Trinajstić information content (AvgIpc) is 2.29. The van der Waals surface area contributed by atoms with Gasteiger partial charge in [0.25, 0.3) is 0 Å². The number of hydrogen-bond donors (Lipinski definition) is 0. The average molecular weight is 263 g/mol. The maximum absolute atomic E-state index is 13.8. The van der Waals surface area contributed by atoms with Gasteiger partial charge in [-0.05, 0) is 13.1 Å². The minimum atomic E-state index is -4.76. The fourth-order valence-corrected chi connectivity index (χ4v) is 1.92. The third-order valence-electron chi connectivity index (χ3n) is 2.98. The molecule has 100 valence electrons. The summed E-state index contributed by atoms with van der Waals surface area (Å²) in [5.41, 5.74) is -1.47. The monoisotopic (exact) mass is 263 g/mol. The molecule has 1 aromatic heterocycles. The summed E-state index contributed by atoms with van der Waals surface area (Å²) in [6.45, 7) is 2.41. The van der Waals surface area contributed by atoms with Crippen LogP contribution in [0.1, 0.15) is 5.69 Å². The van der Waals surface area contributed by atoms with Gasteiger partial charge >= 0.3 is 6.18 Å². The van der Waals surface area contributed by atoms with E-state index in [0.717, 1.165) is 6.20 Å². The lowest BCUT2D eigenvalue weighted by molar-refractivity contribution is -0.143. The molecule has 2 rings (SSSR count). The summed E-state index contributed by atoms with van der Waals surface area (Å²) in [5.74, 6) is -1.28. The smallest absolute Gasteiger partial charge is 0.366 e. The molecular formula is C11H13F4N3. The third-order valence-corrected chi connectivity index (χ3v) is 2.98. The normalized spacial score (nSPS) is 18.2. The number of piperazine rings is 1. The van der Waals surface area contributed by atoms with Gasteiger partial charge in [-0.1, -0.05) is 0 Å². The Morgan fingerprint density at radius 2 is 1.78 bits per heavy atom. The van der Waals surface area contributed by atoms with Crippen LogP contribution in [0.15, 0.2) is 12.3 Å². The van der Waals surface area contributed by atoms with Crippen molar-refractivity contribution in [3.05, 3.63) is 23.8 Å². The van der Waals surface area contributed by atoms with Crippen molar-refractivity contribution >= 4 is 5.69 Å². The predicted molar refractivity (Wildman–Crippen MR) is 58.9 cm³/mol. The van der Waals surface area contributed by atoms with Crippen LogP contribution in [0.2, 0.25) is 0 Å². The van der Waals surface area contributed by atoms with Gasteiger partial charge in [0, 0.05) is 32.4 Å². The minimum absolute atomic E-state index is 0.0228. The van der Waals surface area contributed by atoms with Crippen LogP contribution >= 0.6 is 0 Å². The van der Waals surface area contributed by atoms with Crippen LogP contribution in [-0.2, 0) is 6.18 Å². The van der Waals surface area contributed by atoms with Gasteiger partial charge < -0.3 is 9.80 Å². The summed E-state index contributed by atoms with van der Waals surface area (Å²) in [6.07, 6.45) is -3.76. The van der Waals surface area contributed by atoms with E-state index in [2.05, 4.69) is 4.98 Å². The second kappa shape index (κ2) is 4.72. The Morgan fingerprint density at radius 3 is 2.33 bits per heavy atom. The molecule has 0 saturated carbocycles. The molecule has 1 aliphatic heterocycles. The number of anilines is 1. The molecule has 0 spiro atoms. The quantitative estimate of drug-likeness (QED) is 0.722. The van der Waals surface area contributed by atoms with E-state index in [1.807, 2.05) is 11.9 Å². The Kier molecular flexibility index (Phi) is 3.43. The van der Waals surface area contributed by atoms with Crippen molar-refractivity contribution in [2.75, 3.05) is 38.1 Å². The summed E-state index contributed by atoms with van der Waals surface area (Å²) in [5, 5.41) is 0. The zero-order valence-corrected chi connectivity index (χ0v) is 9.84. The summed E-state index contributed by atoms with van der Waals surface area (Å²) in [4.78, 5) is 6.74. The van der Waals surface area contributed by atoms with Crippen LogP contribution in [0.3, 0.4) is 0 Å². The molecule has 0 aliphatic carbocycles. The van der Waals surface area contributed by atoms with E-state index in [-0.39, 0.29) is 5.69 Å². The fourth-order valence-electron chi connectivity index (χ4n) is 1.92. The maximum atomic E-state index is 13.8. The molecular weight excluding hydrogens is 250 g/mol. The first kappa shape index (κ1) is 13.1. The molecule has 18 heavy (non-hydrogen) atoms. The summed E-state index contributed by atoms with van der Waals surface area (Å²) < 4.78 is 51.4. The van der Waals surface area contributed by atoms with E-state index in [1.165, 1.54) is 6.07 Å². The summed E-state index contributed by atoms with van der Waals surface area (Å²) in [6, 6.07) is 1.29. The standard InChI is InChI=1S/C11H13F4N3/c1-17-4-6-18(7-5-17)8-2-3-16-10(9(8)12)11(13,14)15/h2-3H,4-7H2,1H3. The number of alkyl halides is 3. The number of halogens is 4. The van der Waals surface area contributed by atoms with Gasteiger partial charge in [-0.25, -0.2) is 9.37 Å². The molecule has 0 aromatic carbocycles. The molecule has 0 N–H and O–H groups in total. The first-order valence-electron chi connectivity index (χ1n) is 5.55. The van der Waals surface area contributed by atoms with E-state index >= 15 is 0 Å². The van der Waals surface area contributed by atoms with Gasteiger partial charge in [0.05, 0.1) is 5.69 Å². The van der Waals surface area contributed by atoms with Gasteiger partial charge in [0.2, 0.25) is 0 Å². The molecule has 1 aliphatic rings. The van der Waals surface area contributed by atoms with Crippen molar-refractivity contribution in [2.45, 2.75) is 6.18 Å². The molecule has 7 heteroatoms. The first-order chi connectivity index (χ1) is 8.39. The van der Waals surface area contributed by atoms with Crippen molar-refractivity contribution in [1.82, 2.24) is 9.88 Å². The Hall–Kier alpha value is -1.37. The number of nitrogens with zero attached hydrogens (tertiary/aromatic N) is 3. The topological polar surface area (TPSA) is 19.4 Å². The van der Waals surface area contributed by atoms with E-state index in [0.29, 0.717) is 26.2 Å². The highest BCUT2D eigenvalue weighted by Gasteiger charge is 2.37. The molecule has 1 saturated heterocycles. The lowest BCUT2D eigenvalue weighted by Gasteiger charge is -2.34. The Bertz CT molecular complexity index is 425. The molecule has 0 bridgehead atoms. The highest BCUT2D eigenvalue weighted by Crippen LogP contribution is 2.33. The number of aromatic nitrogens is 1. The predicted octanol–water partition coefficient (Wildman–Crippen LogP) is 1.99. The SMILES string of the molecule is CN1CCN(c2ccnc(C(F)(F)F)c2F)CC1. The molecule has 2 heterocycles. The Morgan fingerprint density at radius 1 is 1.17 bits per heavy atom.